The largest absolute Gasteiger partial charge is 0.324 e. The van der Waals surface area contributed by atoms with Gasteiger partial charge in [-0.05, 0) is 47.7 Å². The Balaban J connectivity index is 1.24. The van der Waals surface area contributed by atoms with Crippen LogP contribution >= 0.6 is 11.6 Å². The van der Waals surface area contributed by atoms with Crippen LogP contribution in [0.4, 0.5) is 10.1 Å². The lowest BCUT2D eigenvalue weighted by molar-refractivity contribution is -0.136. The van der Waals surface area contributed by atoms with Crippen LogP contribution in [0.25, 0.3) is 34.1 Å². The first-order chi connectivity index (χ1) is 21.9. The Morgan fingerprint density at radius 1 is 1.09 bits per heavy atom. The molecule has 0 saturated heterocycles. The van der Waals surface area contributed by atoms with Crippen molar-refractivity contribution in [1.82, 2.24) is 50.1 Å². The number of halogens is 2. The SMILES string of the molecule is Cc1ccc(-c2nnc3n2CCN(C(=O)C=Cc2cc(Cl)c(F)cc2-n2cnnn2)C3C(=O)Nc2ccc3cn[nH]c3c2)cc1. The van der Waals surface area contributed by atoms with Crippen molar-refractivity contribution in [2.75, 3.05) is 11.9 Å². The van der Waals surface area contributed by atoms with Crippen molar-refractivity contribution in [1.29, 1.82) is 0 Å². The van der Waals surface area contributed by atoms with Crippen LogP contribution in [0.1, 0.15) is 23.0 Å². The number of aromatic amines is 1. The number of aromatic nitrogens is 9. The van der Waals surface area contributed by atoms with E-state index in [9.17, 15) is 14.0 Å². The number of nitrogens with one attached hydrogen (secondary N) is 2. The van der Waals surface area contributed by atoms with E-state index in [4.69, 9.17) is 11.6 Å². The fourth-order valence-electron chi connectivity index (χ4n) is 5.26. The molecule has 45 heavy (non-hydrogen) atoms. The van der Waals surface area contributed by atoms with Gasteiger partial charge in [0.25, 0.3) is 5.91 Å². The van der Waals surface area contributed by atoms with Gasteiger partial charge < -0.3 is 14.8 Å². The van der Waals surface area contributed by atoms with E-state index in [1.54, 1.807) is 18.3 Å². The number of benzene rings is 3. The maximum absolute atomic E-state index is 14.3. The quantitative estimate of drug-likeness (QED) is 0.263. The highest BCUT2D eigenvalue weighted by Gasteiger charge is 2.39. The number of hydrogen-bond acceptors (Lipinski definition) is 8. The Hall–Kier alpha value is -5.76. The van der Waals surface area contributed by atoms with Gasteiger partial charge in [0, 0.05) is 47.4 Å². The first-order valence-corrected chi connectivity index (χ1v) is 14.2. The van der Waals surface area contributed by atoms with E-state index in [2.05, 4.69) is 41.2 Å². The number of amides is 2. The van der Waals surface area contributed by atoms with Crippen molar-refractivity contribution < 1.29 is 14.0 Å². The highest BCUT2D eigenvalue weighted by Crippen LogP contribution is 2.31. The standard InChI is InChI=1S/C30H23ClFN11O2/c1-17-2-4-18(5-3-17)28-37-38-29-27(30(45)35-21-8-6-20-15-33-36-24(20)13-21)41(10-11-42(28)29)26(44)9-7-19-12-22(31)23(32)14-25(19)43-16-34-39-40-43/h2-9,12-16,27H,10-11H2,1H3,(H,33,36)(H,35,45). The summed E-state index contributed by atoms with van der Waals surface area (Å²) in [6.07, 6.45) is 5.75. The van der Waals surface area contributed by atoms with Crippen LogP contribution < -0.4 is 5.32 Å². The number of hydrogen-bond donors (Lipinski definition) is 2. The van der Waals surface area contributed by atoms with Crippen molar-refractivity contribution in [2.45, 2.75) is 19.5 Å². The third kappa shape index (κ3) is 5.31. The summed E-state index contributed by atoms with van der Waals surface area (Å²) in [5.41, 5.74) is 3.85. The molecular formula is C30H23ClFN11O2. The fraction of sp³-hybridized carbons (Fsp3) is 0.133. The summed E-state index contributed by atoms with van der Waals surface area (Å²) in [7, 11) is 0. The Kier molecular flexibility index (Phi) is 7.10. The van der Waals surface area contributed by atoms with Gasteiger partial charge in [0.15, 0.2) is 17.7 Å². The first kappa shape index (κ1) is 28.0. The van der Waals surface area contributed by atoms with E-state index in [1.165, 1.54) is 40.2 Å². The van der Waals surface area contributed by atoms with Crippen LogP contribution in [0.3, 0.4) is 0 Å². The molecule has 1 atom stereocenters. The van der Waals surface area contributed by atoms with E-state index in [0.29, 0.717) is 29.4 Å². The Morgan fingerprint density at radius 2 is 1.93 bits per heavy atom. The molecule has 6 aromatic rings. The zero-order valence-corrected chi connectivity index (χ0v) is 24.4. The normalized spacial score (nSPS) is 14.6. The minimum Gasteiger partial charge on any atom is -0.324 e. The highest BCUT2D eigenvalue weighted by atomic mass is 35.5. The zero-order valence-electron chi connectivity index (χ0n) is 23.6. The summed E-state index contributed by atoms with van der Waals surface area (Å²) in [5.74, 6) is -0.711. The van der Waals surface area contributed by atoms with Gasteiger partial charge in [-0.2, -0.15) is 9.78 Å². The third-order valence-electron chi connectivity index (χ3n) is 7.52. The van der Waals surface area contributed by atoms with Gasteiger partial charge in [-0.15, -0.1) is 15.3 Å². The van der Waals surface area contributed by atoms with Crippen LogP contribution in [-0.4, -0.2) is 68.4 Å². The van der Waals surface area contributed by atoms with E-state index in [0.717, 1.165) is 22.0 Å². The molecule has 13 nitrogen and oxygen atoms in total. The van der Waals surface area contributed by atoms with Crippen molar-refractivity contribution >= 4 is 46.1 Å². The number of H-pyrrole nitrogens is 1. The van der Waals surface area contributed by atoms with Crippen molar-refractivity contribution in [2.24, 2.45) is 0 Å². The maximum atomic E-state index is 14.3. The van der Waals surface area contributed by atoms with Gasteiger partial charge in [-0.25, -0.2) is 4.39 Å². The van der Waals surface area contributed by atoms with E-state index >= 15 is 0 Å². The second kappa shape index (κ2) is 11.4. The van der Waals surface area contributed by atoms with Crippen LogP contribution in [0, 0.1) is 12.7 Å². The number of tetrazole rings is 1. The van der Waals surface area contributed by atoms with Gasteiger partial charge in [-0.3, -0.25) is 14.7 Å². The minimum absolute atomic E-state index is 0.139. The summed E-state index contributed by atoms with van der Waals surface area (Å²) < 4.78 is 17.4. The molecular weight excluding hydrogens is 601 g/mol. The van der Waals surface area contributed by atoms with Crippen LogP contribution in [0.5, 0.6) is 0 Å². The summed E-state index contributed by atoms with van der Waals surface area (Å²) in [6, 6.07) is 14.6. The van der Waals surface area contributed by atoms with Crippen LogP contribution in [0.15, 0.2) is 73.2 Å². The second-order valence-corrected chi connectivity index (χ2v) is 10.8. The number of rotatable bonds is 6. The molecule has 2 amide bonds. The summed E-state index contributed by atoms with van der Waals surface area (Å²) >= 11 is 6.06. The molecule has 0 bridgehead atoms. The first-order valence-electron chi connectivity index (χ1n) is 13.8. The van der Waals surface area contributed by atoms with Gasteiger partial charge in [-0.1, -0.05) is 41.4 Å². The fourth-order valence-corrected chi connectivity index (χ4v) is 5.44. The number of anilines is 1. The molecule has 7 rings (SSSR count). The van der Waals surface area contributed by atoms with Crippen molar-refractivity contribution in [3.05, 3.63) is 101 Å². The van der Waals surface area contributed by atoms with Gasteiger partial charge in [0.1, 0.15) is 12.1 Å². The average Bonchev–Trinajstić information content (AvgIpc) is 3.82. The summed E-state index contributed by atoms with van der Waals surface area (Å²) in [6.45, 7) is 2.54. The molecule has 0 spiro atoms. The van der Waals surface area contributed by atoms with E-state index in [-0.39, 0.29) is 17.3 Å². The lowest BCUT2D eigenvalue weighted by Crippen LogP contribution is -2.46. The number of nitrogens with zero attached hydrogens (tertiary/aromatic N) is 9. The van der Waals surface area contributed by atoms with Crippen molar-refractivity contribution in [3.63, 3.8) is 0 Å². The molecule has 224 valence electrons. The lowest BCUT2D eigenvalue weighted by Gasteiger charge is -2.34. The Labute approximate surface area is 259 Å². The van der Waals surface area contributed by atoms with Crippen LogP contribution in [-0.2, 0) is 16.1 Å². The Bertz CT molecular complexity index is 2090. The van der Waals surface area contributed by atoms with Gasteiger partial charge >= 0.3 is 0 Å². The van der Waals surface area contributed by atoms with E-state index in [1.807, 2.05) is 41.8 Å². The predicted molar refractivity (Wildman–Crippen MR) is 163 cm³/mol. The minimum atomic E-state index is -1.11. The molecule has 2 N–H and O–H groups in total. The van der Waals surface area contributed by atoms with Crippen LogP contribution in [0.2, 0.25) is 5.02 Å². The lowest BCUT2D eigenvalue weighted by atomic mass is 10.1. The number of aryl methyl sites for hydroxylation is 1. The van der Waals surface area contributed by atoms with Gasteiger partial charge in [0.2, 0.25) is 5.91 Å². The van der Waals surface area contributed by atoms with E-state index < -0.39 is 23.7 Å². The maximum Gasteiger partial charge on any atom is 0.255 e. The number of carbonyl (C=O) groups is 2. The second-order valence-electron chi connectivity index (χ2n) is 10.4. The Morgan fingerprint density at radius 3 is 2.73 bits per heavy atom. The molecule has 0 fully saturated rings. The molecule has 1 aliphatic rings. The molecule has 3 aromatic heterocycles. The molecule has 0 saturated carbocycles. The van der Waals surface area contributed by atoms with Gasteiger partial charge in [0.05, 0.1) is 22.4 Å². The van der Waals surface area contributed by atoms with Crippen molar-refractivity contribution in [3.8, 4) is 17.1 Å². The monoisotopic (exact) mass is 623 g/mol. The zero-order chi connectivity index (χ0) is 31.1. The molecule has 0 aliphatic carbocycles. The molecule has 3 aromatic carbocycles. The molecule has 4 heterocycles. The number of fused-ring (bicyclic) bond motifs is 2. The summed E-state index contributed by atoms with van der Waals surface area (Å²) in [4.78, 5) is 29.2. The molecule has 0 radical (unpaired) electrons. The average molecular weight is 624 g/mol. The molecule has 1 unspecified atom stereocenters. The number of carbonyl (C=O) groups excluding carboxylic acids is 2. The predicted octanol–water partition coefficient (Wildman–Crippen LogP) is 4.13. The smallest absolute Gasteiger partial charge is 0.255 e. The molecule has 15 heteroatoms. The highest BCUT2D eigenvalue weighted by molar-refractivity contribution is 6.31. The topological polar surface area (TPSA) is 152 Å². The molecule has 1 aliphatic heterocycles. The summed E-state index contributed by atoms with van der Waals surface area (Å²) in [5, 5.41) is 30.4. The third-order valence-corrected chi connectivity index (χ3v) is 7.81.